The van der Waals surface area contributed by atoms with Crippen LogP contribution in [-0.4, -0.2) is 42.1 Å². The maximum absolute atomic E-state index is 13.2. The monoisotopic (exact) mass is 638 g/mol. The van der Waals surface area contributed by atoms with E-state index in [2.05, 4.69) is 62.3 Å². The first kappa shape index (κ1) is 39.1. The third-order valence-electron chi connectivity index (χ3n) is 7.95. The van der Waals surface area contributed by atoms with Crippen LogP contribution in [0.1, 0.15) is 114 Å². The average Bonchev–Trinajstić information content (AvgIpc) is 3.07. The SMILES string of the molecule is C/C=C(\N=C(Nc1cccc(CCN(CCC)CCC)c1)C(=O)CC)c1cccc(NC(=O)c2ccc(C(C)(C)C)cc2)c1C.CC. The van der Waals surface area contributed by atoms with Crippen molar-refractivity contribution in [2.75, 3.05) is 30.3 Å². The summed E-state index contributed by atoms with van der Waals surface area (Å²) in [5.41, 5.74) is 6.95. The molecular weight excluding hydrogens is 580 g/mol. The number of hydrogen-bond acceptors (Lipinski definition) is 4. The van der Waals surface area contributed by atoms with Crippen LogP contribution in [0.5, 0.6) is 0 Å². The lowest BCUT2D eigenvalue weighted by atomic mass is 9.86. The fourth-order valence-electron chi connectivity index (χ4n) is 5.29. The minimum absolute atomic E-state index is 0.0173. The van der Waals surface area contributed by atoms with Crippen molar-refractivity contribution in [3.8, 4) is 0 Å². The molecule has 0 fully saturated rings. The van der Waals surface area contributed by atoms with E-state index in [0.29, 0.717) is 29.2 Å². The number of ketones is 1. The molecule has 254 valence electrons. The van der Waals surface area contributed by atoms with Crippen LogP contribution in [-0.2, 0) is 16.6 Å². The minimum Gasteiger partial charge on any atom is -0.337 e. The van der Waals surface area contributed by atoms with Gasteiger partial charge in [0.05, 0.1) is 5.70 Å². The fraction of sp³-hybridized carbons (Fsp3) is 0.439. The number of benzene rings is 3. The van der Waals surface area contributed by atoms with E-state index in [9.17, 15) is 9.59 Å². The van der Waals surface area contributed by atoms with Gasteiger partial charge in [-0.25, -0.2) is 4.99 Å². The van der Waals surface area contributed by atoms with Gasteiger partial charge >= 0.3 is 0 Å². The Labute approximate surface area is 284 Å². The fourth-order valence-corrected chi connectivity index (χ4v) is 5.29. The number of amides is 1. The topological polar surface area (TPSA) is 73.8 Å². The van der Waals surface area contributed by atoms with E-state index in [0.717, 1.165) is 55.7 Å². The minimum atomic E-state index is -0.169. The third kappa shape index (κ3) is 11.9. The van der Waals surface area contributed by atoms with Crippen LogP contribution in [0.3, 0.4) is 0 Å². The van der Waals surface area contributed by atoms with Crippen molar-refractivity contribution in [2.24, 2.45) is 4.99 Å². The number of nitrogens with zero attached hydrogens (tertiary/aromatic N) is 2. The first-order chi connectivity index (χ1) is 22.5. The molecule has 0 saturated carbocycles. The van der Waals surface area contributed by atoms with Gasteiger partial charge in [-0.2, -0.15) is 0 Å². The molecule has 0 unspecified atom stereocenters. The number of carbonyl (C=O) groups is 2. The molecule has 0 heterocycles. The number of allylic oxidation sites excluding steroid dienone is 1. The lowest BCUT2D eigenvalue weighted by Gasteiger charge is -2.21. The second-order valence-electron chi connectivity index (χ2n) is 12.6. The van der Waals surface area contributed by atoms with Crippen LogP contribution < -0.4 is 10.6 Å². The van der Waals surface area contributed by atoms with Crippen LogP contribution in [0.15, 0.2) is 77.8 Å². The average molecular weight is 639 g/mol. The van der Waals surface area contributed by atoms with Gasteiger partial charge in [0.2, 0.25) is 0 Å². The van der Waals surface area contributed by atoms with Crippen molar-refractivity contribution in [1.29, 1.82) is 0 Å². The van der Waals surface area contributed by atoms with E-state index in [1.807, 2.05) is 95.3 Å². The number of carbonyl (C=O) groups excluding carboxylic acids is 2. The third-order valence-corrected chi connectivity index (χ3v) is 7.95. The van der Waals surface area contributed by atoms with Gasteiger partial charge in [0.25, 0.3) is 5.91 Å². The maximum atomic E-state index is 13.2. The Bertz CT molecular complexity index is 1490. The van der Waals surface area contributed by atoms with Crippen LogP contribution in [0.4, 0.5) is 11.4 Å². The van der Waals surface area contributed by atoms with Crippen LogP contribution in [0, 0.1) is 6.92 Å². The van der Waals surface area contributed by atoms with Crippen molar-refractivity contribution in [2.45, 2.75) is 100 Å². The molecule has 2 N–H and O–H groups in total. The van der Waals surface area contributed by atoms with Crippen molar-refractivity contribution >= 4 is 34.6 Å². The number of nitrogens with one attached hydrogen (secondary N) is 2. The zero-order valence-corrected chi connectivity index (χ0v) is 30.6. The van der Waals surface area contributed by atoms with Crippen LogP contribution in [0.25, 0.3) is 5.70 Å². The lowest BCUT2D eigenvalue weighted by Crippen LogP contribution is -2.27. The second kappa shape index (κ2) is 19.6. The zero-order chi connectivity index (χ0) is 35.0. The molecule has 0 bridgehead atoms. The summed E-state index contributed by atoms with van der Waals surface area (Å²) in [6.07, 6.45) is 5.47. The summed E-state index contributed by atoms with van der Waals surface area (Å²) in [6, 6.07) is 21.8. The van der Waals surface area contributed by atoms with Gasteiger partial charge in [0.1, 0.15) is 0 Å². The highest BCUT2D eigenvalue weighted by molar-refractivity contribution is 6.43. The Hall–Kier alpha value is -4.03. The molecule has 6 heteroatoms. The Morgan fingerprint density at radius 1 is 0.851 bits per heavy atom. The Balaban J connectivity index is 0.00000376. The summed E-state index contributed by atoms with van der Waals surface area (Å²) in [6.45, 7) is 23.8. The molecule has 0 aliphatic rings. The molecule has 1 amide bonds. The highest BCUT2D eigenvalue weighted by atomic mass is 16.1. The molecule has 0 aromatic heterocycles. The molecule has 3 rings (SSSR count). The Morgan fingerprint density at radius 3 is 2.06 bits per heavy atom. The predicted molar refractivity (Wildman–Crippen MR) is 203 cm³/mol. The predicted octanol–water partition coefficient (Wildman–Crippen LogP) is 10.1. The van der Waals surface area contributed by atoms with Gasteiger partial charge in [0, 0.05) is 35.5 Å². The quantitative estimate of drug-likeness (QED) is 0.136. The number of anilines is 2. The highest BCUT2D eigenvalue weighted by Crippen LogP contribution is 2.28. The van der Waals surface area contributed by atoms with Crippen LogP contribution in [0.2, 0.25) is 0 Å². The summed E-state index contributed by atoms with van der Waals surface area (Å²) in [4.78, 5) is 33.6. The normalized spacial score (nSPS) is 12.0. The number of amidine groups is 1. The van der Waals surface area contributed by atoms with E-state index in [1.165, 1.54) is 11.1 Å². The summed E-state index contributed by atoms with van der Waals surface area (Å²) in [5.74, 6) is 0.0592. The number of hydrogen-bond donors (Lipinski definition) is 2. The maximum Gasteiger partial charge on any atom is 0.255 e. The molecule has 3 aromatic carbocycles. The Kier molecular flexibility index (Phi) is 16.3. The highest BCUT2D eigenvalue weighted by Gasteiger charge is 2.17. The molecule has 0 aliphatic carbocycles. The van der Waals surface area contributed by atoms with Crippen LogP contribution >= 0.6 is 0 Å². The number of rotatable bonds is 14. The van der Waals surface area contributed by atoms with E-state index < -0.39 is 0 Å². The molecule has 47 heavy (non-hydrogen) atoms. The molecule has 3 aromatic rings. The second-order valence-corrected chi connectivity index (χ2v) is 12.6. The standard InChI is InChI=1S/C39H52N4O2.C2H6/c1-9-24-43(25-10-2)26-23-29-15-13-16-32(27-29)40-37(36(44)12-4)41-34(11-3)33-17-14-18-35(28(33)5)42-38(45)30-19-21-31(22-20-30)39(6,7)8;1-2/h11,13-22,27H,9-10,12,23-26H2,1-8H3,(H,40,41)(H,42,45);1-2H3/b34-11-;. The molecule has 0 aliphatic heterocycles. The van der Waals surface area contributed by atoms with Gasteiger partial charge in [-0.1, -0.05) is 97.9 Å². The van der Waals surface area contributed by atoms with Crippen molar-refractivity contribution < 1.29 is 9.59 Å². The summed E-state index contributed by atoms with van der Waals surface area (Å²) in [7, 11) is 0. The van der Waals surface area contributed by atoms with Gasteiger partial charge in [-0.15, -0.1) is 0 Å². The molecule has 0 atom stereocenters. The molecule has 0 radical (unpaired) electrons. The number of Topliss-reactive ketones (excluding diaryl/α,β-unsaturated/α-hetero) is 1. The van der Waals surface area contributed by atoms with E-state index in [4.69, 9.17) is 4.99 Å². The van der Waals surface area contributed by atoms with E-state index in [-0.39, 0.29) is 17.1 Å². The van der Waals surface area contributed by atoms with Crippen molar-refractivity contribution in [3.05, 3.63) is 101 Å². The van der Waals surface area contributed by atoms with E-state index >= 15 is 0 Å². The van der Waals surface area contributed by atoms with Crippen molar-refractivity contribution in [1.82, 2.24) is 4.90 Å². The largest absolute Gasteiger partial charge is 0.337 e. The lowest BCUT2D eigenvalue weighted by molar-refractivity contribution is -0.112. The number of aliphatic imine (C=N–C) groups is 1. The van der Waals surface area contributed by atoms with Gasteiger partial charge in [-0.05, 0) is 98.6 Å². The molecule has 0 saturated heterocycles. The summed E-state index contributed by atoms with van der Waals surface area (Å²) >= 11 is 0. The molecule has 0 spiro atoms. The summed E-state index contributed by atoms with van der Waals surface area (Å²) < 4.78 is 0. The van der Waals surface area contributed by atoms with Crippen molar-refractivity contribution in [3.63, 3.8) is 0 Å². The smallest absolute Gasteiger partial charge is 0.255 e. The van der Waals surface area contributed by atoms with Gasteiger partial charge in [-0.3, -0.25) is 9.59 Å². The summed E-state index contributed by atoms with van der Waals surface area (Å²) in [5, 5.41) is 6.39. The van der Waals surface area contributed by atoms with E-state index in [1.54, 1.807) is 0 Å². The molecule has 6 nitrogen and oxygen atoms in total. The molecular formula is C41H58N4O2. The first-order valence-electron chi connectivity index (χ1n) is 17.4. The zero-order valence-electron chi connectivity index (χ0n) is 30.6. The van der Waals surface area contributed by atoms with Gasteiger partial charge in [0.15, 0.2) is 11.6 Å². The van der Waals surface area contributed by atoms with Gasteiger partial charge < -0.3 is 15.5 Å². The Morgan fingerprint density at radius 2 is 1.49 bits per heavy atom. The first-order valence-corrected chi connectivity index (χ1v) is 17.4.